The van der Waals surface area contributed by atoms with Crippen LogP contribution in [0.2, 0.25) is 0 Å². The maximum atomic E-state index is 12.6. The van der Waals surface area contributed by atoms with Gasteiger partial charge in [-0.1, -0.05) is 96.6 Å². The van der Waals surface area contributed by atoms with Crippen molar-refractivity contribution < 1.29 is 63.1 Å². The number of aliphatic hydroxyl groups is 5. The molecule has 1 saturated carbocycles. The van der Waals surface area contributed by atoms with Gasteiger partial charge in [0.15, 0.2) is 6.10 Å². The molecule has 1 rings (SSSR count). The number of allylic oxidation sites excluding steroid dienone is 2. The van der Waals surface area contributed by atoms with Crippen LogP contribution in [0.15, 0.2) is 12.2 Å². The molecule has 0 spiro atoms. The van der Waals surface area contributed by atoms with E-state index in [0.717, 1.165) is 32.1 Å². The van der Waals surface area contributed by atoms with E-state index in [9.17, 15) is 44.6 Å². The summed E-state index contributed by atoms with van der Waals surface area (Å²) in [7, 11) is -5.08. The van der Waals surface area contributed by atoms with Crippen molar-refractivity contribution in [3.05, 3.63) is 12.2 Å². The van der Waals surface area contributed by atoms with Gasteiger partial charge in [-0.2, -0.15) is 0 Å². The maximum absolute atomic E-state index is 12.6. The van der Waals surface area contributed by atoms with E-state index < -0.39 is 75.7 Å². The summed E-state index contributed by atoms with van der Waals surface area (Å²) in [5.74, 6) is -1.16. The fourth-order valence-corrected chi connectivity index (χ4v) is 6.35. The van der Waals surface area contributed by atoms with Crippen LogP contribution in [-0.4, -0.2) is 98.3 Å². The number of hydrogen-bond acceptors (Lipinski definition) is 12. The van der Waals surface area contributed by atoms with Gasteiger partial charge in [0.2, 0.25) is 0 Å². The van der Waals surface area contributed by atoms with Gasteiger partial charge in [0.05, 0.1) is 6.61 Å². The first-order valence-electron chi connectivity index (χ1n) is 18.0. The van der Waals surface area contributed by atoms with Crippen LogP contribution in [0, 0.1) is 0 Å². The third kappa shape index (κ3) is 19.7. The predicted molar refractivity (Wildman–Crippen MR) is 180 cm³/mol. The second-order valence-corrected chi connectivity index (χ2v) is 14.1. The van der Waals surface area contributed by atoms with Crippen molar-refractivity contribution in [2.75, 3.05) is 13.2 Å². The van der Waals surface area contributed by atoms with E-state index in [0.29, 0.717) is 12.8 Å². The molecule has 282 valence electrons. The van der Waals surface area contributed by atoms with Gasteiger partial charge in [0.1, 0.15) is 43.2 Å². The third-order valence-electron chi connectivity index (χ3n) is 8.33. The Hall–Kier alpha value is -1.41. The molecule has 0 aromatic carbocycles. The van der Waals surface area contributed by atoms with Crippen molar-refractivity contribution in [2.45, 2.75) is 179 Å². The number of carbonyl (C=O) groups excluding carboxylic acids is 2. The maximum Gasteiger partial charge on any atom is 0.472 e. The molecule has 6 N–H and O–H groups in total. The van der Waals surface area contributed by atoms with Crippen LogP contribution in [0.5, 0.6) is 0 Å². The average molecular weight is 711 g/mol. The zero-order valence-electron chi connectivity index (χ0n) is 29.0. The molecule has 1 fully saturated rings. The topological polar surface area (TPSA) is 210 Å². The van der Waals surface area contributed by atoms with Crippen LogP contribution >= 0.6 is 7.82 Å². The number of phosphoric acid groups is 1. The number of rotatable bonds is 28. The highest BCUT2D eigenvalue weighted by molar-refractivity contribution is 7.47. The zero-order chi connectivity index (χ0) is 35.8. The van der Waals surface area contributed by atoms with Crippen molar-refractivity contribution in [3.63, 3.8) is 0 Å². The average Bonchev–Trinajstić information content (AvgIpc) is 3.05. The van der Waals surface area contributed by atoms with Crippen molar-refractivity contribution in [1.29, 1.82) is 0 Å². The molecule has 0 aromatic rings. The molecule has 0 bridgehead atoms. The molecular formula is C34H63O13P. The number of carbonyl (C=O) groups is 2. The van der Waals surface area contributed by atoms with E-state index in [1.165, 1.54) is 64.2 Å². The summed E-state index contributed by atoms with van der Waals surface area (Å²) >= 11 is 0. The largest absolute Gasteiger partial charge is 0.472 e. The number of hydrogen-bond donors (Lipinski definition) is 6. The Kier molecular flexibility index (Phi) is 24.5. The second-order valence-electron chi connectivity index (χ2n) is 12.7. The quantitative estimate of drug-likeness (QED) is 0.0280. The van der Waals surface area contributed by atoms with Gasteiger partial charge in [0, 0.05) is 12.8 Å². The summed E-state index contributed by atoms with van der Waals surface area (Å²) in [6.45, 7) is 2.83. The highest BCUT2D eigenvalue weighted by Gasteiger charge is 2.51. The minimum Gasteiger partial charge on any atom is -0.462 e. The van der Waals surface area contributed by atoms with Crippen molar-refractivity contribution in [1.82, 2.24) is 0 Å². The first-order chi connectivity index (χ1) is 22.9. The van der Waals surface area contributed by atoms with Crippen LogP contribution in [0.4, 0.5) is 0 Å². The molecule has 1 aliphatic rings. The molecule has 0 amide bonds. The fraction of sp³-hybridized carbons (Fsp3) is 0.882. The number of aliphatic hydroxyl groups excluding tert-OH is 5. The third-order valence-corrected chi connectivity index (χ3v) is 9.31. The molecule has 14 heteroatoms. The van der Waals surface area contributed by atoms with E-state index in [4.69, 9.17) is 18.5 Å². The highest BCUT2D eigenvalue weighted by atomic mass is 31.2. The van der Waals surface area contributed by atoms with Crippen LogP contribution in [0.3, 0.4) is 0 Å². The van der Waals surface area contributed by atoms with Gasteiger partial charge in [-0.3, -0.25) is 18.6 Å². The van der Waals surface area contributed by atoms with Gasteiger partial charge in [-0.15, -0.1) is 0 Å². The Labute approximate surface area is 286 Å². The monoisotopic (exact) mass is 710 g/mol. The van der Waals surface area contributed by atoms with Gasteiger partial charge in [-0.25, -0.2) is 4.57 Å². The van der Waals surface area contributed by atoms with Crippen LogP contribution in [0.1, 0.15) is 136 Å². The molecule has 6 atom stereocenters. The highest BCUT2D eigenvalue weighted by Crippen LogP contribution is 2.47. The summed E-state index contributed by atoms with van der Waals surface area (Å²) in [6.07, 6.45) is 10.7. The van der Waals surface area contributed by atoms with Gasteiger partial charge >= 0.3 is 19.8 Å². The lowest BCUT2D eigenvalue weighted by molar-refractivity contribution is -0.220. The van der Waals surface area contributed by atoms with E-state index in [2.05, 4.69) is 19.1 Å². The van der Waals surface area contributed by atoms with Gasteiger partial charge in [0.25, 0.3) is 0 Å². The Balaban J connectivity index is 2.33. The summed E-state index contributed by atoms with van der Waals surface area (Å²) < 4.78 is 32.7. The van der Waals surface area contributed by atoms with Crippen molar-refractivity contribution in [3.8, 4) is 0 Å². The first-order valence-corrected chi connectivity index (χ1v) is 19.5. The number of phosphoric ester groups is 1. The minimum atomic E-state index is -5.08. The molecular weight excluding hydrogens is 647 g/mol. The summed E-state index contributed by atoms with van der Waals surface area (Å²) in [6, 6.07) is 0. The van der Waals surface area contributed by atoms with Gasteiger partial charge < -0.3 is 39.9 Å². The molecule has 0 aromatic heterocycles. The molecule has 0 saturated heterocycles. The number of ether oxygens (including phenoxy) is 2. The Morgan fingerprint density at radius 1 is 0.625 bits per heavy atom. The van der Waals surface area contributed by atoms with Crippen LogP contribution < -0.4 is 0 Å². The lowest BCUT2D eigenvalue weighted by Crippen LogP contribution is -2.64. The number of unbranched alkanes of at least 4 members (excludes halogenated alkanes) is 14. The lowest BCUT2D eigenvalue weighted by Gasteiger charge is -2.41. The van der Waals surface area contributed by atoms with Crippen molar-refractivity contribution in [2.24, 2.45) is 0 Å². The van der Waals surface area contributed by atoms with E-state index in [-0.39, 0.29) is 12.8 Å². The molecule has 13 nitrogen and oxygen atoms in total. The number of esters is 2. The predicted octanol–water partition coefficient (Wildman–Crippen LogP) is 4.77. The smallest absolute Gasteiger partial charge is 0.462 e. The second kappa shape index (κ2) is 26.4. The van der Waals surface area contributed by atoms with Crippen LogP contribution in [-0.2, 0) is 32.7 Å². The normalized spacial score (nSPS) is 24.8. The van der Waals surface area contributed by atoms with E-state index in [1.54, 1.807) is 6.92 Å². The molecule has 6 unspecified atom stereocenters. The van der Waals surface area contributed by atoms with E-state index in [1.807, 2.05) is 0 Å². The van der Waals surface area contributed by atoms with Crippen molar-refractivity contribution >= 4 is 19.8 Å². The van der Waals surface area contributed by atoms with E-state index >= 15 is 0 Å². The summed E-state index contributed by atoms with van der Waals surface area (Å²) in [5.41, 5.74) is 0. The molecule has 0 heterocycles. The molecule has 1 aliphatic carbocycles. The zero-order valence-corrected chi connectivity index (χ0v) is 29.9. The first kappa shape index (κ1) is 44.6. The Bertz CT molecular complexity index is 917. The summed E-state index contributed by atoms with van der Waals surface area (Å²) in [5, 5.41) is 49.5. The standard InChI is InChI=1S/C34H63O13P/c1-3-5-6-7-8-9-10-11-12-13-14-15-16-17-18-19-20-21-23-28(36)46-26(24-44-27(35)22-4-2)25-45-48(42,43)47-34-32(40)30(38)29(37)31(39)33(34)41/h12-13,26,29-34,37-41H,3-11,14-25H2,1-2H3,(H,42,43)/b13-12-. The lowest BCUT2D eigenvalue weighted by atomic mass is 9.85. The minimum absolute atomic E-state index is 0.0921. The molecule has 0 aliphatic heterocycles. The SMILES string of the molecule is CCCCCCCCC/C=C\CCCCCCCCCC(=O)OC(COC(=O)CCC)COP(=O)(O)OC1C(O)C(O)C(O)C(O)C1O. The fourth-order valence-electron chi connectivity index (χ4n) is 5.38. The molecule has 0 radical (unpaired) electrons. The Morgan fingerprint density at radius 2 is 1.10 bits per heavy atom. The van der Waals surface area contributed by atoms with Gasteiger partial charge in [-0.05, 0) is 38.5 Å². The Morgan fingerprint density at radius 3 is 1.62 bits per heavy atom. The van der Waals surface area contributed by atoms with Crippen LogP contribution in [0.25, 0.3) is 0 Å². The summed E-state index contributed by atoms with van der Waals surface area (Å²) in [4.78, 5) is 34.5. The molecule has 48 heavy (non-hydrogen) atoms.